The molecule has 0 aliphatic heterocycles. The number of amides is 1. The molecule has 19 heavy (non-hydrogen) atoms. The van der Waals surface area contributed by atoms with Crippen LogP contribution in [0.3, 0.4) is 0 Å². The molecule has 3 atom stereocenters. The highest BCUT2D eigenvalue weighted by atomic mass is 16.3. The van der Waals surface area contributed by atoms with Crippen LogP contribution in [0.1, 0.15) is 25.8 Å². The van der Waals surface area contributed by atoms with Crippen molar-refractivity contribution < 1.29 is 9.90 Å². The van der Waals surface area contributed by atoms with E-state index in [1.807, 2.05) is 43.3 Å². The zero-order valence-electron chi connectivity index (χ0n) is 11.3. The molecule has 102 valence electrons. The molecule has 0 aliphatic rings. The topological polar surface area (TPSA) is 73.1 Å². The van der Waals surface area contributed by atoms with Crippen molar-refractivity contribution in [2.45, 2.75) is 38.8 Å². The maximum absolute atomic E-state index is 12.0. The third kappa shape index (κ3) is 5.54. The van der Waals surface area contributed by atoms with Crippen molar-refractivity contribution in [3.63, 3.8) is 0 Å². The molecule has 0 saturated carbocycles. The Labute approximate surface area is 114 Å². The number of carbonyl (C=O) groups excluding carboxylic acids is 1. The Morgan fingerprint density at radius 2 is 2.00 bits per heavy atom. The van der Waals surface area contributed by atoms with E-state index in [1.165, 1.54) is 0 Å². The quantitative estimate of drug-likeness (QED) is 0.816. The van der Waals surface area contributed by atoms with E-state index < -0.39 is 12.0 Å². The first-order chi connectivity index (χ1) is 9.02. The number of aliphatic hydroxyl groups excluding tert-OH is 1. The first-order valence-electron chi connectivity index (χ1n) is 6.45. The van der Waals surface area contributed by atoms with Gasteiger partial charge in [-0.2, -0.15) is 5.26 Å². The number of carbonyl (C=O) groups is 1. The highest BCUT2D eigenvalue weighted by Gasteiger charge is 2.20. The van der Waals surface area contributed by atoms with Gasteiger partial charge in [-0.05, 0) is 32.3 Å². The molecule has 2 N–H and O–H groups in total. The minimum Gasteiger partial charge on any atom is -0.393 e. The summed E-state index contributed by atoms with van der Waals surface area (Å²) in [4.78, 5) is 12.0. The number of nitriles is 1. The van der Waals surface area contributed by atoms with E-state index >= 15 is 0 Å². The van der Waals surface area contributed by atoms with Gasteiger partial charge in [0.2, 0.25) is 5.91 Å². The lowest BCUT2D eigenvalue weighted by atomic mass is 9.99. The van der Waals surface area contributed by atoms with Crippen LogP contribution in [0.5, 0.6) is 0 Å². The molecule has 0 bridgehead atoms. The minimum absolute atomic E-state index is 0.140. The summed E-state index contributed by atoms with van der Waals surface area (Å²) in [6.07, 6.45) is 0.421. The Bertz CT molecular complexity index is 437. The van der Waals surface area contributed by atoms with Crippen LogP contribution in [0, 0.1) is 17.2 Å². The maximum atomic E-state index is 12.0. The second-order valence-electron chi connectivity index (χ2n) is 4.87. The van der Waals surface area contributed by atoms with Crippen LogP contribution in [0.15, 0.2) is 30.3 Å². The smallest absolute Gasteiger partial charge is 0.237 e. The number of nitrogens with zero attached hydrogens (tertiary/aromatic N) is 1. The molecule has 1 amide bonds. The van der Waals surface area contributed by atoms with Crippen LogP contribution >= 0.6 is 0 Å². The number of aliphatic hydroxyl groups is 1. The first kappa shape index (κ1) is 15.2. The maximum Gasteiger partial charge on any atom is 0.237 e. The zero-order valence-corrected chi connectivity index (χ0v) is 11.3. The van der Waals surface area contributed by atoms with Crippen molar-refractivity contribution in [3.05, 3.63) is 35.9 Å². The summed E-state index contributed by atoms with van der Waals surface area (Å²) < 4.78 is 0. The summed E-state index contributed by atoms with van der Waals surface area (Å²) in [7, 11) is 0. The molecule has 1 aromatic rings. The van der Waals surface area contributed by atoms with Crippen LogP contribution in [0.4, 0.5) is 0 Å². The molecule has 3 unspecified atom stereocenters. The van der Waals surface area contributed by atoms with Crippen LogP contribution in [0.25, 0.3) is 0 Å². The summed E-state index contributed by atoms with van der Waals surface area (Å²) in [5, 5.41) is 21.1. The normalized spacial score (nSPS) is 15.1. The molecule has 0 aliphatic carbocycles. The highest BCUT2D eigenvalue weighted by molar-refractivity contribution is 5.81. The molecule has 0 spiro atoms. The van der Waals surface area contributed by atoms with Crippen molar-refractivity contribution in [1.29, 1.82) is 5.26 Å². The summed E-state index contributed by atoms with van der Waals surface area (Å²) in [6.45, 7) is 3.50. The summed E-state index contributed by atoms with van der Waals surface area (Å²) >= 11 is 0. The van der Waals surface area contributed by atoms with Crippen LogP contribution in [-0.2, 0) is 11.2 Å². The van der Waals surface area contributed by atoms with Crippen molar-refractivity contribution in [2.75, 3.05) is 0 Å². The second kappa shape index (κ2) is 7.55. The van der Waals surface area contributed by atoms with E-state index in [2.05, 4.69) is 5.32 Å². The van der Waals surface area contributed by atoms with Gasteiger partial charge in [0.25, 0.3) is 0 Å². The van der Waals surface area contributed by atoms with Gasteiger partial charge in [0, 0.05) is 6.04 Å². The van der Waals surface area contributed by atoms with E-state index in [9.17, 15) is 9.90 Å². The van der Waals surface area contributed by atoms with Crippen LogP contribution in [0.2, 0.25) is 0 Å². The lowest BCUT2D eigenvalue weighted by Crippen LogP contribution is -2.39. The van der Waals surface area contributed by atoms with Gasteiger partial charge < -0.3 is 10.4 Å². The average Bonchev–Trinajstić information content (AvgIpc) is 2.35. The molecule has 0 saturated heterocycles. The van der Waals surface area contributed by atoms with Gasteiger partial charge in [-0.15, -0.1) is 0 Å². The standard InChI is InChI=1S/C15H20N2O2/c1-11(8-12(2)18)17-15(19)14(10-16)9-13-6-4-3-5-7-13/h3-7,11-12,14,18H,8-9H2,1-2H3,(H,17,19). The molecule has 0 radical (unpaired) electrons. The summed E-state index contributed by atoms with van der Waals surface area (Å²) in [6, 6.07) is 11.4. The Hall–Kier alpha value is -1.86. The second-order valence-corrected chi connectivity index (χ2v) is 4.87. The number of benzene rings is 1. The van der Waals surface area contributed by atoms with Gasteiger partial charge in [-0.25, -0.2) is 0 Å². The van der Waals surface area contributed by atoms with Crippen LogP contribution < -0.4 is 5.32 Å². The number of rotatable bonds is 6. The van der Waals surface area contributed by atoms with Crippen molar-refractivity contribution in [1.82, 2.24) is 5.32 Å². The molecule has 0 aromatic heterocycles. The Kier molecular flexibility index (Phi) is 6.04. The summed E-state index contributed by atoms with van der Waals surface area (Å²) in [5.41, 5.74) is 0.965. The van der Waals surface area contributed by atoms with E-state index in [0.717, 1.165) is 5.56 Å². The van der Waals surface area contributed by atoms with Gasteiger partial charge in [-0.3, -0.25) is 4.79 Å². The van der Waals surface area contributed by atoms with Gasteiger partial charge in [0.15, 0.2) is 0 Å². The Morgan fingerprint density at radius 3 is 2.53 bits per heavy atom. The molecular formula is C15H20N2O2. The van der Waals surface area contributed by atoms with Gasteiger partial charge in [0.05, 0.1) is 12.2 Å². The SMILES string of the molecule is CC(O)CC(C)NC(=O)C(C#N)Cc1ccccc1. The number of hydrogen-bond donors (Lipinski definition) is 2. The molecule has 0 heterocycles. The molecular weight excluding hydrogens is 240 g/mol. The molecule has 4 nitrogen and oxygen atoms in total. The molecule has 1 rings (SSSR count). The van der Waals surface area contributed by atoms with E-state index in [4.69, 9.17) is 5.26 Å². The van der Waals surface area contributed by atoms with E-state index in [-0.39, 0.29) is 11.9 Å². The van der Waals surface area contributed by atoms with Gasteiger partial charge in [0.1, 0.15) is 5.92 Å². The fraction of sp³-hybridized carbons (Fsp3) is 0.467. The molecule has 1 aromatic carbocycles. The average molecular weight is 260 g/mol. The lowest BCUT2D eigenvalue weighted by molar-refractivity contribution is -0.124. The van der Waals surface area contributed by atoms with Gasteiger partial charge >= 0.3 is 0 Å². The Morgan fingerprint density at radius 1 is 1.37 bits per heavy atom. The summed E-state index contributed by atoms with van der Waals surface area (Å²) in [5.74, 6) is -0.974. The fourth-order valence-corrected chi connectivity index (χ4v) is 1.96. The first-order valence-corrected chi connectivity index (χ1v) is 6.45. The molecule has 0 fully saturated rings. The van der Waals surface area contributed by atoms with Crippen molar-refractivity contribution >= 4 is 5.91 Å². The number of nitrogens with one attached hydrogen (secondary N) is 1. The minimum atomic E-state index is -0.696. The van der Waals surface area contributed by atoms with Crippen LogP contribution in [-0.4, -0.2) is 23.2 Å². The monoisotopic (exact) mass is 260 g/mol. The fourth-order valence-electron chi connectivity index (χ4n) is 1.96. The Balaban J connectivity index is 2.56. The largest absolute Gasteiger partial charge is 0.393 e. The third-order valence-corrected chi connectivity index (χ3v) is 2.84. The highest BCUT2D eigenvalue weighted by Crippen LogP contribution is 2.09. The van der Waals surface area contributed by atoms with Crippen molar-refractivity contribution in [3.8, 4) is 6.07 Å². The number of hydrogen-bond acceptors (Lipinski definition) is 3. The van der Waals surface area contributed by atoms with E-state index in [1.54, 1.807) is 6.92 Å². The zero-order chi connectivity index (χ0) is 14.3. The predicted octanol–water partition coefficient (Wildman–Crippen LogP) is 1.64. The predicted molar refractivity (Wildman–Crippen MR) is 73.2 cm³/mol. The molecule has 4 heteroatoms. The lowest BCUT2D eigenvalue weighted by Gasteiger charge is -2.17. The van der Waals surface area contributed by atoms with E-state index in [0.29, 0.717) is 12.8 Å². The van der Waals surface area contributed by atoms with Gasteiger partial charge in [-0.1, -0.05) is 30.3 Å². The van der Waals surface area contributed by atoms with Crippen molar-refractivity contribution in [2.24, 2.45) is 5.92 Å². The third-order valence-electron chi connectivity index (χ3n) is 2.84.